The molecule has 3 rings (SSSR count). The molecule has 0 saturated heterocycles. The van der Waals surface area contributed by atoms with Crippen molar-refractivity contribution in [3.8, 4) is 0 Å². The molecular weight excluding hydrogens is 401 g/mol. The highest BCUT2D eigenvalue weighted by Gasteiger charge is 2.18. The molecule has 116 valence electrons. The summed E-state index contributed by atoms with van der Waals surface area (Å²) in [7, 11) is 0. The number of esters is 1. The van der Waals surface area contributed by atoms with E-state index in [1.807, 2.05) is 72.2 Å². The van der Waals surface area contributed by atoms with Gasteiger partial charge in [-0.3, -0.25) is 4.57 Å². The average molecular weight is 417 g/mol. The summed E-state index contributed by atoms with van der Waals surface area (Å²) in [5, 5.41) is 1.02. The van der Waals surface area contributed by atoms with Crippen LogP contribution in [0.25, 0.3) is 20.7 Å². The fourth-order valence-corrected chi connectivity index (χ4v) is 3.37. The van der Waals surface area contributed by atoms with Crippen LogP contribution in [-0.2, 0) is 4.74 Å². The van der Waals surface area contributed by atoms with Crippen molar-refractivity contribution in [2.45, 2.75) is 6.92 Å². The lowest BCUT2D eigenvalue weighted by Crippen LogP contribution is -2.10. The minimum atomic E-state index is -0.306. The largest absolute Gasteiger partial charge is 0.461 e. The van der Waals surface area contributed by atoms with Crippen LogP contribution in [0.15, 0.2) is 60.7 Å². The van der Waals surface area contributed by atoms with Crippen LogP contribution < -0.4 is 0 Å². The van der Waals surface area contributed by atoms with Gasteiger partial charge >= 0.3 is 5.97 Å². The SMILES string of the molecule is CCOC(=O)c1cc2ccccc2n1/C(I)=C\c1ccccc1. The van der Waals surface area contributed by atoms with E-state index in [0.717, 1.165) is 20.2 Å². The van der Waals surface area contributed by atoms with E-state index in [4.69, 9.17) is 4.74 Å². The Bertz CT molecular complexity index is 865. The molecule has 23 heavy (non-hydrogen) atoms. The fraction of sp³-hybridized carbons (Fsp3) is 0.105. The number of benzene rings is 2. The molecule has 4 heteroatoms. The number of halogens is 1. The van der Waals surface area contributed by atoms with Crippen LogP contribution in [0.3, 0.4) is 0 Å². The fourth-order valence-electron chi connectivity index (χ4n) is 2.49. The smallest absolute Gasteiger partial charge is 0.355 e. The van der Waals surface area contributed by atoms with Gasteiger partial charge in [-0.25, -0.2) is 4.79 Å². The first-order valence-corrected chi connectivity index (χ1v) is 8.49. The van der Waals surface area contributed by atoms with Crippen molar-refractivity contribution < 1.29 is 9.53 Å². The van der Waals surface area contributed by atoms with E-state index < -0.39 is 0 Å². The zero-order valence-electron chi connectivity index (χ0n) is 12.7. The molecule has 1 heterocycles. The molecule has 0 N–H and O–H groups in total. The van der Waals surface area contributed by atoms with Gasteiger partial charge in [0.25, 0.3) is 0 Å². The van der Waals surface area contributed by atoms with E-state index in [1.54, 1.807) is 0 Å². The first-order valence-electron chi connectivity index (χ1n) is 7.41. The maximum atomic E-state index is 12.3. The highest BCUT2D eigenvalue weighted by Crippen LogP contribution is 2.29. The normalized spacial score (nSPS) is 11.7. The molecule has 0 aliphatic heterocycles. The second-order valence-corrected chi connectivity index (χ2v) is 6.13. The number of carbonyl (C=O) groups excluding carboxylic acids is 1. The first-order chi connectivity index (χ1) is 11.2. The third-order valence-electron chi connectivity index (χ3n) is 3.49. The Balaban J connectivity index is 2.16. The Morgan fingerprint density at radius 1 is 1.13 bits per heavy atom. The molecule has 0 aliphatic carbocycles. The van der Waals surface area contributed by atoms with Gasteiger partial charge in [0.1, 0.15) is 5.69 Å². The molecule has 0 atom stereocenters. The van der Waals surface area contributed by atoms with E-state index in [1.165, 1.54) is 0 Å². The molecule has 0 aliphatic rings. The molecule has 0 fully saturated rings. The highest BCUT2D eigenvalue weighted by atomic mass is 127. The van der Waals surface area contributed by atoms with E-state index in [-0.39, 0.29) is 5.97 Å². The summed E-state index contributed by atoms with van der Waals surface area (Å²) in [4.78, 5) is 12.3. The summed E-state index contributed by atoms with van der Waals surface area (Å²) < 4.78 is 8.10. The van der Waals surface area contributed by atoms with Gasteiger partial charge in [0.05, 0.1) is 15.8 Å². The van der Waals surface area contributed by atoms with Gasteiger partial charge in [0.15, 0.2) is 0 Å². The van der Waals surface area contributed by atoms with E-state index in [0.29, 0.717) is 12.3 Å². The number of hydrogen-bond donors (Lipinski definition) is 0. The van der Waals surface area contributed by atoms with E-state index in [9.17, 15) is 4.79 Å². The van der Waals surface area contributed by atoms with Gasteiger partial charge in [-0.2, -0.15) is 0 Å². The number of para-hydroxylation sites is 1. The lowest BCUT2D eigenvalue weighted by molar-refractivity contribution is 0.0518. The quantitative estimate of drug-likeness (QED) is 0.431. The van der Waals surface area contributed by atoms with Crippen molar-refractivity contribution in [3.05, 3.63) is 71.9 Å². The number of fused-ring (bicyclic) bond motifs is 1. The Kier molecular flexibility index (Phi) is 4.81. The minimum absolute atomic E-state index is 0.306. The molecule has 0 unspecified atom stereocenters. The second kappa shape index (κ2) is 7.00. The molecule has 0 radical (unpaired) electrons. The van der Waals surface area contributed by atoms with E-state index >= 15 is 0 Å². The second-order valence-electron chi connectivity index (χ2n) is 5.02. The molecule has 2 aromatic carbocycles. The lowest BCUT2D eigenvalue weighted by Gasteiger charge is -2.09. The first kappa shape index (κ1) is 15.8. The monoisotopic (exact) mass is 417 g/mol. The zero-order valence-corrected chi connectivity index (χ0v) is 14.9. The molecular formula is C19H16INO2. The molecule has 1 aromatic heterocycles. The summed E-state index contributed by atoms with van der Waals surface area (Å²) in [5.41, 5.74) is 2.63. The van der Waals surface area contributed by atoms with Gasteiger partial charge in [-0.15, -0.1) is 0 Å². The van der Waals surface area contributed by atoms with Crippen molar-refractivity contribution in [1.82, 2.24) is 4.57 Å². The molecule has 0 amide bonds. The summed E-state index contributed by atoms with van der Waals surface area (Å²) in [6.45, 7) is 2.18. The minimum Gasteiger partial charge on any atom is -0.461 e. The van der Waals surface area contributed by atoms with Crippen LogP contribution in [0.5, 0.6) is 0 Å². The topological polar surface area (TPSA) is 31.2 Å². The number of hydrogen-bond acceptors (Lipinski definition) is 2. The Morgan fingerprint density at radius 2 is 1.83 bits per heavy atom. The Hall–Kier alpha value is -2.08. The van der Waals surface area contributed by atoms with Gasteiger partial charge < -0.3 is 4.74 Å². The summed E-state index contributed by atoms with van der Waals surface area (Å²) in [6, 6.07) is 19.9. The van der Waals surface area contributed by atoms with E-state index in [2.05, 4.69) is 28.7 Å². The molecule has 0 spiro atoms. The zero-order chi connectivity index (χ0) is 16.2. The predicted molar refractivity (Wildman–Crippen MR) is 103 cm³/mol. The number of carbonyl (C=O) groups is 1. The van der Waals surface area contributed by atoms with Gasteiger partial charge in [0, 0.05) is 5.39 Å². The molecule has 3 nitrogen and oxygen atoms in total. The Labute approximate surface area is 148 Å². The van der Waals surface area contributed by atoms with Gasteiger partial charge in [-0.1, -0.05) is 48.5 Å². The van der Waals surface area contributed by atoms with Crippen LogP contribution in [0.1, 0.15) is 23.0 Å². The lowest BCUT2D eigenvalue weighted by atomic mass is 10.2. The van der Waals surface area contributed by atoms with Gasteiger partial charge in [-0.05, 0) is 53.3 Å². The molecule has 0 saturated carbocycles. The third-order valence-corrected chi connectivity index (χ3v) is 4.29. The maximum Gasteiger partial charge on any atom is 0.355 e. The Morgan fingerprint density at radius 3 is 2.57 bits per heavy atom. The number of rotatable bonds is 4. The van der Waals surface area contributed by atoms with Crippen molar-refractivity contribution in [3.63, 3.8) is 0 Å². The van der Waals surface area contributed by atoms with Crippen LogP contribution >= 0.6 is 22.6 Å². The molecule has 0 bridgehead atoms. The highest BCUT2D eigenvalue weighted by molar-refractivity contribution is 14.1. The van der Waals surface area contributed by atoms with Crippen LogP contribution in [0, 0.1) is 0 Å². The van der Waals surface area contributed by atoms with Crippen molar-refractivity contribution >= 4 is 49.2 Å². The summed E-state index contributed by atoms with van der Waals surface area (Å²) in [6.07, 6.45) is 2.05. The number of aromatic nitrogens is 1. The summed E-state index contributed by atoms with van der Waals surface area (Å²) >= 11 is 2.26. The molecule has 3 aromatic rings. The van der Waals surface area contributed by atoms with Gasteiger partial charge in [0.2, 0.25) is 0 Å². The summed E-state index contributed by atoms with van der Waals surface area (Å²) in [5.74, 6) is -0.306. The number of nitrogens with zero attached hydrogens (tertiary/aromatic N) is 1. The standard InChI is InChI=1S/C19H16INO2/c1-2-23-19(22)17-13-15-10-6-7-11-16(15)21(17)18(20)12-14-8-4-3-5-9-14/h3-13H,2H2,1H3/b18-12-. The third kappa shape index (κ3) is 3.32. The van der Waals surface area contributed by atoms with Crippen LogP contribution in [0.2, 0.25) is 0 Å². The van der Waals surface area contributed by atoms with Crippen LogP contribution in [-0.4, -0.2) is 17.1 Å². The van der Waals surface area contributed by atoms with Crippen molar-refractivity contribution in [2.75, 3.05) is 6.61 Å². The van der Waals surface area contributed by atoms with Crippen molar-refractivity contribution in [2.24, 2.45) is 0 Å². The van der Waals surface area contributed by atoms with Crippen molar-refractivity contribution in [1.29, 1.82) is 0 Å². The maximum absolute atomic E-state index is 12.3. The number of ether oxygens (including phenoxy) is 1. The predicted octanol–water partition coefficient (Wildman–Crippen LogP) is 5.21. The van der Waals surface area contributed by atoms with Crippen LogP contribution in [0.4, 0.5) is 0 Å². The average Bonchev–Trinajstić information content (AvgIpc) is 2.95.